The average molecular weight is 287 g/mol. The molecule has 0 aliphatic heterocycles. The molecular weight excluding hydrogens is 270 g/mol. The fourth-order valence-corrected chi connectivity index (χ4v) is 1.98. The van der Waals surface area contributed by atoms with E-state index in [0.29, 0.717) is 35.7 Å². The number of H-pyrrole nitrogens is 1. The fraction of sp³-hybridized carbons (Fsp3) is 0.250. The van der Waals surface area contributed by atoms with E-state index >= 15 is 0 Å². The van der Waals surface area contributed by atoms with Gasteiger partial charge >= 0.3 is 11.9 Å². The van der Waals surface area contributed by atoms with Gasteiger partial charge in [0.1, 0.15) is 5.69 Å². The number of esters is 2. The highest BCUT2D eigenvalue weighted by molar-refractivity contribution is 5.97. The second-order valence-electron chi connectivity index (χ2n) is 4.27. The van der Waals surface area contributed by atoms with Crippen molar-refractivity contribution in [3.63, 3.8) is 0 Å². The molecule has 0 saturated heterocycles. The number of benzene rings is 1. The van der Waals surface area contributed by atoms with Gasteiger partial charge in [0.25, 0.3) is 0 Å². The normalized spacial score (nSPS) is 10.2. The molecule has 110 valence electrons. The van der Waals surface area contributed by atoms with Crippen LogP contribution < -0.4 is 0 Å². The third kappa shape index (κ3) is 3.31. The Morgan fingerprint density at radius 1 is 0.952 bits per heavy atom. The highest BCUT2D eigenvalue weighted by Crippen LogP contribution is 2.24. The Bertz CT molecular complexity index is 645. The van der Waals surface area contributed by atoms with E-state index in [-0.39, 0.29) is 5.97 Å². The molecule has 5 nitrogen and oxygen atoms in total. The number of carbonyl (C=O) groups excluding carboxylic acids is 2. The Hall–Kier alpha value is -2.56. The Labute approximate surface area is 122 Å². The fourth-order valence-electron chi connectivity index (χ4n) is 1.98. The molecule has 1 heterocycles. The molecule has 0 aliphatic rings. The molecule has 0 fully saturated rings. The number of hydrogen-bond donors (Lipinski definition) is 1. The Morgan fingerprint density at radius 3 is 2.33 bits per heavy atom. The molecule has 1 N–H and O–H groups in total. The summed E-state index contributed by atoms with van der Waals surface area (Å²) in [6.07, 6.45) is 0. The summed E-state index contributed by atoms with van der Waals surface area (Å²) in [6, 6.07) is 10.5. The van der Waals surface area contributed by atoms with Crippen LogP contribution >= 0.6 is 0 Å². The summed E-state index contributed by atoms with van der Waals surface area (Å²) < 4.78 is 9.97. The van der Waals surface area contributed by atoms with Crippen LogP contribution in [0.2, 0.25) is 0 Å². The summed E-state index contributed by atoms with van der Waals surface area (Å²) in [5, 5.41) is 0. The van der Waals surface area contributed by atoms with Crippen molar-refractivity contribution in [2.75, 3.05) is 13.2 Å². The first-order valence-corrected chi connectivity index (χ1v) is 6.80. The van der Waals surface area contributed by atoms with Crippen molar-refractivity contribution >= 4 is 11.9 Å². The van der Waals surface area contributed by atoms with E-state index in [9.17, 15) is 9.59 Å². The zero-order valence-electron chi connectivity index (χ0n) is 12.0. The minimum Gasteiger partial charge on any atom is -0.462 e. The number of carbonyl (C=O) groups is 2. The molecule has 0 amide bonds. The van der Waals surface area contributed by atoms with E-state index in [2.05, 4.69) is 4.98 Å². The quantitative estimate of drug-likeness (QED) is 0.858. The summed E-state index contributed by atoms with van der Waals surface area (Å²) in [6.45, 7) is 4.13. The summed E-state index contributed by atoms with van der Waals surface area (Å²) in [5.41, 5.74) is 2.16. The van der Waals surface area contributed by atoms with Crippen LogP contribution in [0.3, 0.4) is 0 Å². The summed E-state index contributed by atoms with van der Waals surface area (Å²) in [7, 11) is 0. The molecule has 1 aromatic heterocycles. The molecule has 0 unspecified atom stereocenters. The molecule has 0 atom stereocenters. The number of nitrogens with one attached hydrogen (secondary N) is 1. The van der Waals surface area contributed by atoms with Crippen molar-refractivity contribution in [1.82, 2.24) is 4.98 Å². The van der Waals surface area contributed by atoms with Crippen LogP contribution in [0.15, 0.2) is 36.4 Å². The number of rotatable bonds is 5. The van der Waals surface area contributed by atoms with Gasteiger partial charge in [-0.3, -0.25) is 0 Å². The molecule has 0 aliphatic carbocycles. The zero-order valence-corrected chi connectivity index (χ0v) is 12.0. The molecule has 0 spiro atoms. The van der Waals surface area contributed by atoms with Crippen LogP contribution in [-0.2, 0) is 9.47 Å². The highest BCUT2D eigenvalue weighted by atomic mass is 16.5. The van der Waals surface area contributed by atoms with Gasteiger partial charge in [0.2, 0.25) is 0 Å². The Morgan fingerprint density at radius 2 is 1.62 bits per heavy atom. The largest absolute Gasteiger partial charge is 0.462 e. The van der Waals surface area contributed by atoms with Gasteiger partial charge in [-0.2, -0.15) is 0 Å². The van der Waals surface area contributed by atoms with E-state index < -0.39 is 5.97 Å². The van der Waals surface area contributed by atoms with Crippen LogP contribution in [0.25, 0.3) is 11.3 Å². The maximum Gasteiger partial charge on any atom is 0.354 e. The zero-order chi connectivity index (χ0) is 15.2. The maximum atomic E-state index is 12.0. The number of hydrogen-bond acceptors (Lipinski definition) is 4. The summed E-state index contributed by atoms with van der Waals surface area (Å²) in [5.74, 6) is -0.808. The lowest BCUT2D eigenvalue weighted by atomic mass is 10.1. The molecular formula is C16H17NO4. The van der Waals surface area contributed by atoms with Gasteiger partial charge in [-0.05, 0) is 32.0 Å². The smallest absolute Gasteiger partial charge is 0.354 e. The predicted octanol–water partition coefficient (Wildman–Crippen LogP) is 3.04. The van der Waals surface area contributed by atoms with Gasteiger partial charge in [-0.1, -0.05) is 18.2 Å². The van der Waals surface area contributed by atoms with Crippen molar-refractivity contribution in [2.24, 2.45) is 0 Å². The molecule has 1 aromatic carbocycles. The van der Waals surface area contributed by atoms with Crippen LogP contribution in [0.1, 0.15) is 34.7 Å². The van der Waals surface area contributed by atoms with Gasteiger partial charge in [0.15, 0.2) is 0 Å². The SMILES string of the molecule is CCOC(=O)c1ccc(-c2ccccc2C(=O)OCC)[nH]1. The molecule has 0 radical (unpaired) electrons. The van der Waals surface area contributed by atoms with Gasteiger partial charge in [-0.25, -0.2) is 9.59 Å². The van der Waals surface area contributed by atoms with Gasteiger partial charge in [0, 0.05) is 11.3 Å². The lowest BCUT2D eigenvalue weighted by Crippen LogP contribution is -2.07. The first-order chi connectivity index (χ1) is 10.2. The first kappa shape index (κ1) is 14.8. The second kappa shape index (κ2) is 6.74. The van der Waals surface area contributed by atoms with E-state index in [4.69, 9.17) is 9.47 Å². The van der Waals surface area contributed by atoms with Gasteiger partial charge in [0.05, 0.1) is 18.8 Å². The van der Waals surface area contributed by atoms with Crippen LogP contribution in [0.4, 0.5) is 0 Å². The van der Waals surface area contributed by atoms with Crippen molar-refractivity contribution in [1.29, 1.82) is 0 Å². The molecule has 2 rings (SSSR count). The van der Waals surface area contributed by atoms with E-state index in [1.807, 2.05) is 6.07 Å². The average Bonchev–Trinajstić information content (AvgIpc) is 2.97. The van der Waals surface area contributed by atoms with E-state index in [1.54, 1.807) is 44.2 Å². The third-order valence-corrected chi connectivity index (χ3v) is 2.89. The van der Waals surface area contributed by atoms with Crippen molar-refractivity contribution in [2.45, 2.75) is 13.8 Å². The number of ether oxygens (including phenoxy) is 2. The van der Waals surface area contributed by atoms with E-state index in [1.165, 1.54) is 0 Å². The molecule has 2 aromatic rings. The third-order valence-electron chi connectivity index (χ3n) is 2.89. The first-order valence-electron chi connectivity index (χ1n) is 6.80. The van der Waals surface area contributed by atoms with Crippen LogP contribution in [0, 0.1) is 0 Å². The molecule has 21 heavy (non-hydrogen) atoms. The standard InChI is InChI=1S/C16H17NO4/c1-3-20-15(18)12-8-6-5-7-11(12)13-9-10-14(17-13)16(19)21-4-2/h5-10,17H,3-4H2,1-2H3. The van der Waals surface area contributed by atoms with Crippen molar-refractivity contribution < 1.29 is 19.1 Å². The Kier molecular flexibility index (Phi) is 4.77. The topological polar surface area (TPSA) is 68.4 Å². The minimum atomic E-state index is -0.419. The second-order valence-corrected chi connectivity index (χ2v) is 4.27. The van der Waals surface area contributed by atoms with Crippen molar-refractivity contribution in [3.05, 3.63) is 47.7 Å². The van der Waals surface area contributed by atoms with Crippen molar-refractivity contribution in [3.8, 4) is 11.3 Å². The molecule has 0 bridgehead atoms. The van der Waals surface area contributed by atoms with Crippen LogP contribution in [-0.4, -0.2) is 30.1 Å². The summed E-state index contributed by atoms with van der Waals surface area (Å²) in [4.78, 5) is 26.6. The monoisotopic (exact) mass is 287 g/mol. The van der Waals surface area contributed by atoms with E-state index in [0.717, 1.165) is 0 Å². The minimum absolute atomic E-state index is 0.311. The van der Waals surface area contributed by atoms with Gasteiger partial charge < -0.3 is 14.5 Å². The van der Waals surface area contributed by atoms with Gasteiger partial charge in [-0.15, -0.1) is 0 Å². The summed E-state index contributed by atoms with van der Waals surface area (Å²) >= 11 is 0. The lowest BCUT2D eigenvalue weighted by molar-refractivity contribution is 0.0514. The molecule has 5 heteroatoms. The number of aromatic amines is 1. The predicted molar refractivity (Wildman–Crippen MR) is 78.1 cm³/mol. The number of aromatic nitrogens is 1. The maximum absolute atomic E-state index is 12.0. The highest BCUT2D eigenvalue weighted by Gasteiger charge is 2.16. The Balaban J connectivity index is 2.34. The van der Waals surface area contributed by atoms with Crippen LogP contribution in [0.5, 0.6) is 0 Å². The lowest BCUT2D eigenvalue weighted by Gasteiger charge is -2.07. The molecule has 0 saturated carbocycles.